The average molecular weight is 434 g/mol. The molecule has 0 aliphatic carbocycles. The first-order valence-electron chi connectivity index (χ1n) is 8.97. The summed E-state index contributed by atoms with van der Waals surface area (Å²) in [6.45, 7) is 6.57. The first-order chi connectivity index (χ1) is 12.8. The molecule has 2 N–H and O–H groups in total. The Morgan fingerprint density at radius 2 is 2.07 bits per heavy atom. The van der Waals surface area contributed by atoms with Gasteiger partial charge >= 0.3 is 0 Å². The summed E-state index contributed by atoms with van der Waals surface area (Å²) in [4.78, 5) is 11.3. The molecule has 1 aromatic carbocycles. The molecule has 1 saturated heterocycles. The smallest absolute Gasteiger partial charge is 0.261 e. The molecule has 6 nitrogen and oxygen atoms in total. The number of aromatic nitrogens is 3. The number of nitrogens with two attached hydrogens (primary N) is 1. The fourth-order valence-corrected chi connectivity index (χ4v) is 4.25. The maximum Gasteiger partial charge on any atom is 0.261 e. The molecule has 0 saturated carbocycles. The van der Waals surface area contributed by atoms with E-state index in [0.717, 1.165) is 35.9 Å². The number of fused-ring (bicyclic) bond motifs is 1. The number of aryl methyl sites for hydroxylation is 2. The van der Waals surface area contributed by atoms with Crippen LogP contribution in [0.15, 0.2) is 21.1 Å². The van der Waals surface area contributed by atoms with Crippen LogP contribution in [0.3, 0.4) is 0 Å². The number of anilines is 1. The van der Waals surface area contributed by atoms with Gasteiger partial charge in [0.1, 0.15) is 11.3 Å². The highest BCUT2D eigenvalue weighted by Crippen LogP contribution is 2.39. The number of benzene rings is 1. The third-order valence-electron chi connectivity index (χ3n) is 5.18. The van der Waals surface area contributed by atoms with Gasteiger partial charge in [-0.3, -0.25) is 0 Å². The van der Waals surface area contributed by atoms with Gasteiger partial charge in [0.15, 0.2) is 11.6 Å². The van der Waals surface area contributed by atoms with E-state index in [0.29, 0.717) is 27.5 Å². The fourth-order valence-electron chi connectivity index (χ4n) is 3.82. The van der Waals surface area contributed by atoms with E-state index in [1.54, 1.807) is 6.92 Å². The summed E-state index contributed by atoms with van der Waals surface area (Å²) in [6.07, 6.45) is 1.71. The number of hydrogen-bond donors (Lipinski definition) is 1. The molecule has 8 heteroatoms. The van der Waals surface area contributed by atoms with Gasteiger partial charge < -0.3 is 15.2 Å². The predicted octanol–water partition coefficient (Wildman–Crippen LogP) is 4.12. The molecule has 4 rings (SSSR count). The Labute approximate surface area is 165 Å². The summed E-state index contributed by atoms with van der Waals surface area (Å²) in [6, 6.07) is 3.65. The molecule has 3 heterocycles. The molecule has 142 valence electrons. The van der Waals surface area contributed by atoms with Crippen LogP contribution in [0.1, 0.15) is 31.2 Å². The Morgan fingerprint density at radius 3 is 2.74 bits per heavy atom. The van der Waals surface area contributed by atoms with Crippen molar-refractivity contribution in [1.82, 2.24) is 15.1 Å². The number of pyridine rings is 1. The van der Waals surface area contributed by atoms with E-state index in [4.69, 9.17) is 15.2 Å². The third kappa shape index (κ3) is 3.21. The van der Waals surface area contributed by atoms with Crippen LogP contribution in [-0.2, 0) is 0 Å². The first-order valence-corrected chi connectivity index (χ1v) is 9.76. The van der Waals surface area contributed by atoms with Gasteiger partial charge in [-0.2, -0.15) is 4.98 Å². The van der Waals surface area contributed by atoms with Gasteiger partial charge in [0, 0.05) is 28.5 Å². The highest BCUT2D eigenvalue weighted by molar-refractivity contribution is 9.10. The van der Waals surface area contributed by atoms with Crippen LogP contribution < -0.4 is 10.6 Å². The van der Waals surface area contributed by atoms with Crippen molar-refractivity contribution < 1.29 is 8.91 Å². The molecule has 0 bridgehead atoms. The van der Waals surface area contributed by atoms with E-state index in [-0.39, 0.29) is 17.9 Å². The molecule has 1 aliphatic heterocycles. The second-order valence-electron chi connectivity index (χ2n) is 7.19. The van der Waals surface area contributed by atoms with Gasteiger partial charge in [-0.05, 0) is 51.3 Å². The zero-order valence-corrected chi connectivity index (χ0v) is 17.0. The molecule has 2 aromatic heterocycles. The Balaban J connectivity index is 2.00. The summed E-state index contributed by atoms with van der Waals surface area (Å²) in [5.41, 5.74) is 8.08. The van der Waals surface area contributed by atoms with E-state index < -0.39 is 0 Å². The lowest BCUT2D eigenvalue weighted by molar-refractivity contribution is 0.419. The SMILES string of the molecule is Cc1noc(-c2c(N3CC[C@@H](N)C[C@H]3C)nc3c(F)cc(Br)cc3c2C)n1. The van der Waals surface area contributed by atoms with E-state index in [2.05, 4.69) is 37.9 Å². The van der Waals surface area contributed by atoms with Crippen molar-refractivity contribution >= 4 is 32.7 Å². The zero-order valence-electron chi connectivity index (χ0n) is 15.5. The van der Waals surface area contributed by atoms with Crippen molar-refractivity contribution in [3.8, 4) is 11.5 Å². The number of piperidine rings is 1. The van der Waals surface area contributed by atoms with E-state index in [9.17, 15) is 4.39 Å². The van der Waals surface area contributed by atoms with Crippen LogP contribution in [-0.4, -0.2) is 33.8 Å². The lowest BCUT2D eigenvalue weighted by Crippen LogP contribution is -2.46. The van der Waals surface area contributed by atoms with Crippen molar-refractivity contribution in [2.45, 2.75) is 45.7 Å². The maximum absolute atomic E-state index is 14.7. The normalized spacial score (nSPS) is 20.4. The molecular weight excluding hydrogens is 413 g/mol. The van der Waals surface area contributed by atoms with Crippen LogP contribution in [0.2, 0.25) is 0 Å². The van der Waals surface area contributed by atoms with Gasteiger partial charge in [0.25, 0.3) is 5.89 Å². The van der Waals surface area contributed by atoms with Crippen molar-refractivity contribution in [3.63, 3.8) is 0 Å². The minimum atomic E-state index is -0.363. The summed E-state index contributed by atoms with van der Waals surface area (Å²) >= 11 is 3.37. The lowest BCUT2D eigenvalue weighted by Gasteiger charge is -2.38. The Kier molecular flexibility index (Phi) is 4.63. The minimum absolute atomic E-state index is 0.166. The van der Waals surface area contributed by atoms with Crippen molar-refractivity contribution in [1.29, 1.82) is 0 Å². The fraction of sp³-hybridized carbons (Fsp3) is 0.421. The molecular formula is C19H21BrFN5O. The van der Waals surface area contributed by atoms with Gasteiger partial charge in [-0.15, -0.1) is 0 Å². The molecule has 2 atom stereocenters. The van der Waals surface area contributed by atoms with E-state index in [1.807, 2.05) is 13.0 Å². The summed E-state index contributed by atoms with van der Waals surface area (Å²) < 4.78 is 20.8. The zero-order chi connectivity index (χ0) is 19.3. The number of halogens is 2. The molecule has 0 spiro atoms. The van der Waals surface area contributed by atoms with Crippen molar-refractivity contribution in [2.24, 2.45) is 5.73 Å². The minimum Gasteiger partial charge on any atom is -0.353 e. The van der Waals surface area contributed by atoms with Crippen molar-refractivity contribution in [3.05, 3.63) is 33.8 Å². The van der Waals surface area contributed by atoms with Crippen LogP contribution >= 0.6 is 15.9 Å². The average Bonchev–Trinajstić information content (AvgIpc) is 3.01. The highest BCUT2D eigenvalue weighted by atomic mass is 79.9. The van der Waals surface area contributed by atoms with Gasteiger partial charge in [-0.1, -0.05) is 21.1 Å². The second kappa shape index (κ2) is 6.83. The standard InChI is InChI=1S/C19H21BrFN5O/c1-9-6-13(22)4-5-26(9)18-16(19-23-11(3)25-27-19)10(2)14-7-12(20)8-15(21)17(14)24-18/h7-9,13H,4-6,22H2,1-3H3/t9-,13-/m1/s1. The van der Waals surface area contributed by atoms with Crippen LogP contribution in [0.25, 0.3) is 22.4 Å². The maximum atomic E-state index is 14.7. The quantitative estimate of drug-likeness (QED) is 0.654. The largest absolute Gasteiger partial charge is 0.353 e. The lowest BCUT2D eigenvalue weighted by atomic mass is 9.97. The van der Waals surface area contributed by atoms with Gasteiger partial charge in [0.2, 0.25) is 0 Å². The highest BCUT2D eigenvalue weighted by Gasteiger charge is 2.30. The van der Waals surface area contributed by atoms with Crippen LogP contribution in [0.4, 0.5) is 10.2 Å². The number of rotatable bonds is 2. The van der Waals surface area contributed by atoms with E-state index in [1.165, 1.54) is 6.07 Å². The predicted molar refractivity (Wildman–Crippen MR) is 106 cm³/mol. The van der Waals surface area contributed by atoms with Gasteiger partial charge in [0.05, 0.1) is 5.56 Å². The number of hydrogen-bond acceptors (Lipinski definition) is 6. The van der Waals surface area contributed by atoms with E-state index >= 15 is 0 Å². The topological polar surface area (TPSA) is 81.1 Å². The molecule has 3 aromatic rings. The summed E-state index contributed by atoms with van der Waals surface area (Å²) in [7, 11) is 0. The molecule has 0 radical (unpaired) electrons. The number of nitrogens with zero attached hydrogens (tertiary/aromatic N) is 4. The Morgan fingerprint density at radius 1 is 1.30 bits per heavy atom. The third-order valence-corrected chi connectivity index (χ3v) is 5.64. The molecule has 0 amide bonds. The monoisotopic (exact) mass is 433 g/mol. The molecule has 1 fully saturated rings. The van der Waals surface area contributed by atoms with Crippen LogP contribution in [0.5, 0.6) is 0 Å². The molecule has 0 unspecified atom stereocenters. The Hall–Kier alpha value is -2.06. The molecule has 27 heavy (non-hydrogen) atoms. The molecule has 1 aliphatic rings. The summed E-state index contributed by atoms with van der Waals surface area (Å²) in [5.74, 6) is 1.25. The summed E-state index contributed by atoms with van der Waals surface area (Å²) in [5, 5.41) is 4.65. The second-order valence-corrected chi connectivity index (χ2v) is 8.11. The Bertz CT molecular complexity index is 1020. The van der Waals surface area contributed by atoms with Crippen LogP contribution in [0, 0.1) is 19.7 Å². The first kappa shape index (κ1) is 18.3. The van der Waals surface area contributed by atoms with Gasteiger partial charge in [-0.25, -0.2) is 9.37 Å². The van der Waals surface area contributed by atoms with Crippen molar-refractivity contribution in [2.75, 3.05) is 11.4 Å².